The van der Waals surface area contributed by atoms with E-state index in [4.69, 9.17) is 9.72 Å². The smallest absolute Gasteiger partial charge is 0.230 e. The van der Waals surface area contributed by atoms with E-state index in [1.807, 2.05) is 19.1 Å². The molecule has 5 rings (SSSR count). The molecule has 8 heteroatoms. The first-order valence-electron chi connectivity index (χ1n) is 12.0. The molecule has 3 heterocycles. The number of aromatic nitrogens is 2. The van der Waals surface area contributed by atoms with Gasteiger partial charge in [-0.15, -0.1) is 0 Å². The Morgan fingerprint density at radius 3 is 2.74 bits per heavy atom. The first kappa shape index (κ1) is 22.5. The highest BCUT2D eigenvalue weighted by Gasteiger charge is 2.22. The minimum Gasteiger partial charge on any atom is -0.436 e. The van der Waals surface area contributed by atoms with Crippen molar-refractivity contribution < 1.29 is 9.13 Å². The molecule has 1 N–H and O–H groups in total. The number of hydrogen-bond acceptors (Lipinski definition) is 7. The van der Waals surface area contributed by atoms with Gasteiger partial charge in [0.15, 0.2) is 11.6 Å². The molecule has 0 bridgehead atoms. The summed E-state index contributed by atoms with van der Waals surface area (Å²) in [7, 11) is 2.11. The Morgan fingerprint density at radius 2 is 1.94 bits per heavy atom. The molecule has 0 radical (unpaired) electrons. The molecule has 0 spiro atoms. The number of allylic oxidation sites excluding steroid dienone is 1. The molecular weight excluding hydrogens is 431 g/mol. The minimum atomic E-state index is -0.351. The maximum atomic E-state index is 15.2. The minimum absolute atomic E-state index is 0.169. The van der Waals surface area contributed by atoms with Gasteiger partial charge < -0.3 is 19.9 Å². The summed E-state index contributed by atoms with van der Waals surface area (Å²) in [5.74, 6) is 2.06. The van der Waals surface area contributed by atoms with Crippen molar-refractivity contribution >= 4 is 23.7 Å². The molecule has 0 saturated carbocycles. The Bertz CT molecular complexity index is 1180. The van der Waals surface area contributed by atoms with Crippen LogP contribution in [0.25, 0.3) is 6.08 Å². The molecule has 0 atom stereocenters. The first-order valence-corrected chi connectivity index (χ1v) is 12.0. The van der Waals surface area contributed by atoms with Gasteiger partial charge in [0.2, 0.25) is 11.8 Å². The Hall–Kier alpha value is -3.26. The molecule has 1 aromatic heterocycles. The van der Waals surface area contributed by atoms with Crippen molar-refractivity contribution in [2.75, 3.05) is 50.0 Å². The monoisotopic (exact) mass is 462 g/mol. The zero-order valence-electron chi connectivity index (χ0n) is 20.1. The van der Waals surface area contributed by atoms with Crippen LogP contribution < -0.4 is 15.0 Å². The highest BCUT2D eigenvalue weighted by Crippen LogP contribution is 2.34. The number of rotatable bonds is 6. The number of halogens is 1. The van der Waals surface area contributed by atoms with Crippen LogP contribution in [-0.2, 0) is 6.42 Å². The van der Waals surface area contributed by atoms with E-state index in [9.17, 15) is 0 Å². The van der Waals surface area contributed by atoms with Crippen LogP contribution in [-0.4, -0.2) is 60.5 Å². The van der Waals surface area contributed by atoms with Gasteiger partial charge in [-0.25, -0.2) is 4.39 Å². The Morgan fingerprint density at radius 1 is 1.12 bits per heavy atom. The van der Waals surface area contributed by atoms with Crippen molar-refractivity contribution in [1.29, 1.82) is 0 Å². The number of likely N-dealkylation sites (N-methyl/N-ethyl adjacent to an activating group) is 1. The largest absolute Gasteiger partial charge is 0.436 e. The SMILES string of the molecule is CCCC1=CC(Nc2cc(Oc3ccc4c(c3F)C=C(C)C4)nc(N3CCN(C)CC3)n2)=NC1. The number of amidine groups is 1. The molecule has 3 aliphatic rings. The highest BCUT2D eigenvalue weighted by atomic mass is 19.1. The second kappa shape index (κ2) is 9.54. The van der Waals surface area contributed by atoms with E-state index < -0.39 is 0 Å². The van der Waals surface area contributed by atoms with Gasteiger partial charge in [0.1, 0.15) is 11.7 Å². The number of aliphatic imine (C=N–C) groups is 1. The third-order valence-electron chi connectivity index (χ3n) is 6.41. The van der Waals surface area contributed by atoms with Gasteiger partial charge in [0.05, 0.1) is 6.54 Å². The Kier molecular flexibility index (Phi) is 6.32. The maximum absolute atomic E-state index is 15.2. The van der Waals surface area contributed by atoms with Gasteiger partial charge in [0, 0.05) is 37.8 Å². The molecule has 2 aromatic rings. The average molecular weight is 463 g/mol. The van der Waals surface area contributed by atoms with Crippen molar-refractivity contribution in [3.05, 3.63) is 52.4 Å². The number of benzene rings is 1. The molecule has 1 aromatic carbocycles. The predicted molar refractivity (Wildman–Crippen MR) is 134 cm³/mol. The molecule has 0 amide bonds. The van der Waals surface area contributed by atoms with Crippen molar-refractivity contribution in [2.45, 2.75) is 33.1 Å². The number of ether oxygens (including phenoxy) is 1. The molecule has 2 aliphatic heterocycles. The van der Waals surface area contributed by atoms with Crippen molar-refractivity contribution in [3.8, 4) is 11.6 Å². The number of hydrogen-bond donors (Lipinski definition) is 1. The fourth-order valence-electron chi connectivity index (χ4n) is 4.54. The van der Waals surface area contributed by atoms with Gasteiger partial charge in [-0.1, -0.05) is 31.1 Å². The fourth-order valence-corrected chi connectivity index (χ4v) is 4.54. The summed E-state index contributed by atoms with van der Waals surface area (Å²) >= 11 is 0. The lowest BCUT2D eigenvalue weighted by atomic mass is 10.1. The van der Waals surface area contributed by atoms with Crippen LogP contribution in [0.1, 0.15) is 37.8 Å². The Labute approximate surface area is 200 Å². The molecule has 1 aliphatic carbocycles. The molecule has 34 heavy (non-hydrogen) atoms. The zero-order valence-corrected chi connectivity index (χ0v) is 20.1. The summed E-state index contributed by atoms with van der Waals surface area (Å²) < 4.78 is 21.2. The van der Waals surface area contributed by atoms with Crippen LogP contribution in [0.3, 0.4) is 0 Å². The summed E-state index contributed by atoms with van der Waals surface area (Å²) in [4.78, 5) is 18.4. The summed E-state index contributed by atoms with van der Waals surface area (Å²) in [6, 6.07) is 5.32. The maximum Gasteiger partial charge on any atom is 0.230 e. The van der Waals surface area contributed by atoms with Gasteiger partial charge in [-0.3, -0.25) is 4.99 Å². The quantitative estimate of drug-likeness (QED) is 0.673. The van der Waals surface area contributed by atoms with Crippen LogP contribution in [0.2, 0.25) is 0 Å². The predicted octanol–water partition coefficient (Wildman–Crippen LogP) is 4.67. The fraction of sp³-hybridized carbons (Fsp3) is 0.423. The topological polar surface area (TPSA) is 65.9 Å². The lowest BCUT2D eigenvalue weighted by Gasteiger charge is -2.32. The van der Waals surface area contributed by atoms with E-state index in [0.29, 0.717) is 29.8 Å². The summed E-state index contributed by atoms with van der Waals surface area (Å²) in [6.07, 6.45) is 6.87. The van der Waals surface area contributed by atoms with Crippen molar-refractivity contribution in [3.63, 3.8) is 0 Å². The molecule has 0 unspecified atom stereocenters. The zero-order chi connectivity index (χ0) is 23.7. The number of nitrogens with one attached hydrogen (secondary N) is 1. The van der Waals surface area contributed by atoms with E-state index in [0.717, 1.165) is 62.4 Å². The second-order valence-electron chi connectivity index (χ2n) is 9.28. The lowest BCUT2D eigenvalue weighted by molar-refractivity contribution is 0.310. The third kappa shape index (κ3) is 4.82. The molecular formula is C26H31FN6O. The average Bonchev–Trinajstić information content (AvgIpc) is 3.42. The highest BCUT2D eigenvalue weighted by molar-refractivity contribution is 6.05. The van der Waals surface area contributed by atoms with Gasteiger partial charge in [-0.05, 0) is 50.1 Å². The van der Waals surface area contributed by atoms with Crippen LogP contribution >= 0.6 is 0 Å². The lowest BCUT2D eigenvalue weighted by Crippen LogP contribution is -2.45. The van der Waals surface area contributed by atoms with E-state index >= 15 is 4.39 Å². The Balaban J connectivity index is 1.44. The normalized spacial score (nSPS) is 17.9. The summed E-state index contributed by atoms with van der Waals surface area (Å²) in [6.45, 7) is 8.38. The number of nitrogens with zero attached hydrogens (tertiary/aromatic N) is 5. The number of piperazine rings is 1. The molecule has 178 valence electrons. The standard InChI is InChI=1S/C26H31FN6O/c1-4-5-18-14-22(28-16-18)29-23-15-24(31-26(30-23)33-10-8-32(3)9-11-33)34-21-7-6-19-12-17(2)13-20(19)25(21)27/h6-7,13-15H,4-5,8-12,16H2,1-3H3,(H,28,29,30,31). The van der Waals surface area contributed by atoms with E-state index in [-0.39, 0.29) is 11.6 Å². The van der Waals surface area contributed by atoms with E-state index in [2.05, 4.69) is 45.1 Å². The van der Waals surface area contributed by atoms with Gasteiger partial charge in [-0.2, -0.15) is 9.97 Å². The molecule has 7 nitrogen and oxygen atoms in total. The number of anilines is 2. The van der Waals surface area contributed by atoms with Crippen molar-refractivity contribution in [1.82, 2.24) is 14.9 Å². The molecule has 1 fully saturated rings. The summed E-state index contributed by atoms with van der Waals surface area (Å²) in [5.41, 5.74) is 4.04. The van der Waals surface area contributed by atoms with Gasteiger partial charge >= 0.3 is 0 Å². The van der Waals surface area contributed by atoms with Crippen LogP contribution in [0.4, 0.5) is 16.2 Å². The molecule has 1 saturated heterocycles. The third-order valence-corrected chi connectivity index (χ3v) is 6.41. The van der Waals surface area contributed by atoms with Crippen LogP contribution in [0, 0.1) is 5.82 Å². The van der Waals surface area contributed by atoms with Crippen molar-refractivity contribution in [2.24, 2.45) is 4.99 Å². The van der Waals surface area contributed by atoms with E-state index in [1.54, 1.807) is 12.1 Å². The van der Waals surface area contributed by atoms with E-state index in [1.165, 1.54) is 5.57 Å². The van der Waals surface area contributed by atoms with Crippen LogP contribution in [0.5, 0.6) is 11.6 Å². The number of fused-ring (bicyclic) bond motifs is 1. The summed E-state index contributed by atoms with van der Waals surface area (Å²) in [5, 5.41) is 3.31. The van der Waals surface area contributed by atoms with Crippen LogP contribution in [0.15, 0.2) is 40.4 Å². The first-order chi connectivity index (χ1) is 16.5. The van der Waals surface area contributed by atoms with Gasteiger partial charge in [0.25, 0.3) is 0 Å². The second-order valence-corrected chi connectivity index (χ2v) is 9.28.